The van der Waals surface area contributed by atoms with Crippen molar-refractivity contribution in [3.8, 4) is 0 Å². The molecule has 0 rings (SSSR count). The standard InChI is InChI=1S/C34H66O2/c1-3-5-7-9-11-12-13-14-15-16-17-18-19-20-21-22-23-24-25-26-27-28-30-32-34(35)36-33-31-29-10-8-6-4-2/h4H,2-3,5-33H2,1H3. The molecular weight excluding hydrogens is 440 g/mol. The number of esters is 1. The molecule has 0 saturated carbocycles. The van der Waals surface area contributed by atoms with Gasteiger partial charge in [0.2, 0.25) is 0 Å². The van der Waals surface area contributed by atoms with Crippen LogP contribution < -0.4 is 0 Å². The number of unbranched alkanes of at least 4 members (excludes halogenated alkanes) is 26. The Labute approximate surface area is 227 Å². The average molecular weight is 507 g/mol. The third-order valence-corrected chi connectivity index (χ3v) is 7.55. The fraction of sp³-hybridized carbons (Fsp3) is 0.912. The SMILES string of the molecule is C=CCCCCCCOC(=O)CCCCCCCCCCCCCCCCCCCCCCCCC. The minimum Gasteiger partial charge on any atom is -0.466 e. The summed E-state index contributed by atoms with van der Waals surface area (Å²) in [5.74, 6) is 0.00425. The predicted octanol–water partition coefficient (Wildman–Crippen LogP) is 12.0. The van der Waals surface area contributed by atoms with Gasteiger partial charge in [-0.05, 0) is 25.7 Å². The molecule has 0 N–H and O–H groups in total. The summed E-state index contributed by atoms with van der Waals surface area (Å²) >= 11 is 0. The molecule has 0 amide bonds. The summed E-state index contributed by atoms with van der Waals surface area (Å²) in [6, 6.07) is 0. The maximum Gasteiger partial charge on any atom is 0.305 e. The minimum atomic E-state index is 0.00425. The molecule has 0 aliphatic carbocycles. The van der Waals surface area contributed by atoms with E-state index in [1.807, 2.05) is 6.08 Å². The number of rotatable bonds is 31. The molecule has 0 aromatic rings. The zero-order valence-corrected chi connectivity index (χ0v) is 24.8. The molecule has 0 aromatic heterocycles. The molecule has 0 fully saturated rings. The fourth-order valence-corrected chi connectivity index (χ4v) is 5.06. The Morgan fingerprint density at radius 2 is 0.833 bits per heavy atom. The Hall–Kier alpha value is -0.790. The lowest BCUT2D eigenvalue weighted by Gasteiger charge is -2.05. The number of allylic oxidation sites excluding steroid dienone is 1. The third-order valence-electron chi connectivity index (χ3n) is 7.55. The second kappa shape index (κ2) is 32.2. The van der Waals surface area contributed by atoms with E-state index in [1.54, 1.807) is 0 Å². The Balaban J connectivity index is 3.10. The highest BCUT2D eigenvalue weighted by Crippen LogP contribution is 2.15. The van der Waals surface area contributed by atoms with E-state index >= 15 is 0 Å². The van der Waals surface area contributed by atoms with Crippen LogP contribution in [0.15, 0.2) is 12.7 Å². The highest BCUT2D eigenvalue weighted by Gasteiger charge is 2.02. The molecule has 36 heavy (non-hydrogen) atoms. The molecule has 0 atom stereocenters. The van der Waals surface area contributed by atoms with Crippen LogP contribution in [0.25, 0.3) is 0 Å². The van der Waals surface area contributed by atoms with Crippen LogP contribution in [0.2, 0.25) is 0 Å². The van der Waals surface area contributed by atoms with Gasteiger partial charge in [0.1, 0.15) is 0 Å². The highest BCUT2D eigenvalue weighted by molar-refractivity contribution is 5.69. The molecular formula is C34H66O2. The molecule has 0 radical (unpaired) electrons. The third kappa shape index (κ3) is 31.2. The molecule has 214 valence electrons. The van der Waals surface area contributed by atoms with Crippen LogP contribution in [-0.4, -0.2) is 12.6 Å². The van der Waals surface area contributed by atoms with Gasteiger partial charge in [0.25, 0.3) is 0 Å². The van der Waals surface area contributed by atoms with Crippen LogP contribution in [0.4, 0.5) is 0 Å². The first-order valence-corrected chi connectivity index (χ1v) is 16.6. The van der Waals surface area contributed by atoms with E-state index in [0.717, 1.165) is 25.7 Å². The summed E-state index contributed by atoms with van der Waals surface area (Å²) in [6.07, 6.45) is 40.4. The predicted molar refractivity (Wildman–Crippen MR) is 161 cm³/mol. The highest BCUT2D eigenvalue weighted by atomic mass is 16.5. The largest absolute Gasteiger partial charge is 0.466 e. The van der Waals surface area contributed by atoms with Crippen molar-refractivity contribution < 1.29 is 9.53 Å². The molecule has 0 unspecified atom stereocenters. The summed E-state index contributed by atoms with van der Waals surface area (Å²) in [4.78, 5) is 11.8. The Morgan fingerprint density at radius 1 is 0.500 bits per heavy atom. The number of hydrogen-bond acceptors (Lipinski definition) is 2. The first-order chi connectivity index (χ1) is 17.8. The normalized spacial score (nSPS) is 11.1. The maximum atomic E-state index is 11.8. The van der Waals surface area contributed by atoms with E-state index in [-0.39, 0.29) is 5.97 Å². The lowest BCUT2D eigenvalue weighted by atomic mass is 10.0. The van der Waals surface area contributed by atoms with Crippen molar-refractivity contribution in [1.82, 2.24) is 0 Å². The van der Waals surface area contributed by atoms with Crippen molar-refractivity contribution in [1.29, 1.82) is 0 Å². The molecule has 0 bridgehead atoms. The van der Waals surface area contributed by atoms with Gasteiger partial charge in [-0.3, -0.25) is 4.79 Å². The summed E-state index contributed by atoms with van der Waals surface area (Å²) in [5, 5.41) is 0. The van der Waals surface area contributed by atoms with Crippen molar-refractivity contribution in [2.45, 2.75) is 193 Å². The first kappa shape index (κ1) is 35.2. The van der Waals surface area contributed by atoms with Gasteiger partial charge in [-0.15, -0.1) is 6.58 Å². The minimum absolute atomic E-state index is 0.00425. The smallest absolute Gasteiger partial charge is 0.305 e. The lowest BCUT2D eigenvalue weighted by molar-refractivity contribution is -0.143. The number of carbonyl (C=O) groups excluding carboxylic acids is 1. The van der Waals surface area contributed by atoms with Gasteiger partial charge in [-0.1, -0.05) is 167 Å². The summed E-state index contributed by atoms with van der Waals surface area (Å²) < 4.78 is 5.34. The number of hydrogen-bond donors (Lipinski definition) is 0. The van der Waals surface area contributed by atoms with Crippen molar-refractivity contribution in [2.24, 2.45) is 0 Å². The Bertz CT molecular complexity index is 431. The van der Waals surface area contributed by atoms with Crippen molar-refractivity contribution in [3.63, 3.8) is 0 Å². The summed E-state index contributed by atoms with van der Waals surface area (Å²) in [5.41, 5.74) is 0. The molecule has 0 aromatic carbocycles. The Morgan fingerprint density at radius 3 is 1.22 bits per heavy atom. The number of carbonyl (C=O) groups is 1. The zero-order valence-electron chi connectivity index (χ0n) is 24.8. The van der Waals surface area contributed by atoms with Gasteiger partial charge in [0.15, 0.2) is 0 Å². The number of ether oxygens (including phenoxy) is 1. The van der Waals surface area contributed by atoms with Crippen LogP contribution >= 0.6 is 0 Å². The van der Waals surface area contributed by atoms with Gasteiger partial charge >= 0.3 is 5.97 Å². The zero-order chi connectivity index (χ0) is 26.2. The molecule has 0 aliphatic rings. The summed E-state index contributed by atoms with van der Waals surface area (Å²) in [6.45, 7) is 6.64. The molecule has 0 spiro atoms. The van der Waals surface area contributed by atoms with E-state index in [1.165, 1.54) is 154 Å². The maximum absolute atomic E-state index is 11.8. The van der Waals surface area contributed by atoms with E-state index in [4.69, 9.17) is 4.74 Å². The first-order valence-electron chi connectivity index (χ1n) is 16.6. The van der Waals surface area contributed by atoms with Crippen LogP contribution in [0, 0.1) is 0 Å². The van der Waals surface area contributed by atoms with Gasteiger partial charge in [0.05, 0.1) is 6.61 Å². The second-order valence-electron chi connectivity index (χ2n) is 11.2. The molecule has 0 aliphatic heterocycles. The van der Waals surface area contributed by atoms with Crippen molar-refractivity contribution in [2.75, 3.05) is 6.61 Å². The van der Waals surface area contributed by atoms with E-state index < -0.39 is 0 Å². The topological polar surface area (TPSA) is 26.3 Å². The lowest BCUT2D eigenvalue weighted by Crippen LogP contribution is -2.05. The van der Waals surface area contributed by atoms with Gasteiger partial charge in [0, 0.05) is 6.42 Å². The van der Waals surface area contributed by atoms with Crippen LogP contribution in [0.1, 0.15) is 193 Å². The monoisotopic (exact) mass is 507 g/mol. The van der Waals surface area contributed by atoms with Crippen LogP contribution in [-0.2, 0) is 9.53 Å². The van der Waals surface area contributed by atoms with E-state index in [9.17, 15) is 4.79 Å². The second-order valence-corrected chi connectivity index (χ2v) is 11.2. The fourth-order valence-electron chi connectivity index (χ4n) is 5.06. The van der Waals surface area contributed by atoms with E-state index in [0.29, 0.717) is 13.0 Å². The molecule has 0 heterocycles. The molecule has 2 nitrogen and oxygen atoms in total. The quantitative estimate of drug-likeness (QED) is 0.0530. The average Bonchev–Trinajstić information content (AvgIpc) is 2.88. The molecule has 0 saturated heterocycles. The van der Waals surface area contributed by atoms with E-state index in [2.05, 4.69) is 13.5 Å². The molecule has 2 heteroatoms. The van der Waals surface area contributed by atoms with Gasteiger partial charge in [-0.2, -0.15) is 0 Å². The van der Waals surface area contributed by atoms with Gasteiger partial charge < -0.3 is 4.74 Å². The Kier molecular flexibility index (Phi) is 31.5. The van der Waals surface area contributed by atoms with Gasteiger partial charge in [-0.25, -0.2) is 0 Å². The van der Waals surface area contributed by atoms with Crippen LogP contribution in [0.3, 0.4) is 0 Å². The van der Waals surface area contributed by atoms with Crippen LogP contribution in [0.5, 0.6) is 0 Å². The van der Waals surface area contributed by atoms with Crippen molar-refractivity contribution in [3.05, 3.63) is 12.7 Å². The van der Waals surface area contributed by atoms with Crippen molar-refractivity contribution >= 4 is 5.97 Å². The summed E-state index contributed by atoms with van der Waals surface area (Å²) in [7, 11) is 0.